The number of halogens is 1. The molecule has 2 aromatic carbocycles. The van der Waals surface area contributed by atoms with Crippen LogP contribution in [0.1, 0.15) is 24.0 Å². The smallest absolute Gasteiger partial charge is 0.243 e. The van der Waals surface area contributed by atoms with E-state index in [-0.39, 0.29) is 23.4 Å². The molecule has 7 heteroatoms. The van der Waals surface area contributed by atoms with Crippen molar-refractivity contribution in [3.05, 3.63) is 64.1 Å². The van der Waals surface area contributed by atoms with Crippen molar-refractivity contribution in [2.75, 3.05) is 13.6 Å². The second kappa shape index (κ2) is 8.12. The molecule has 1 aliphatic carbocycles. The van der Waals surface area contributed by atoms with Gasteiger partial charge >= 0.3 is 0 Å². The van der Waals surface area contributed by atoms with Crippen molar-refractivity contribution in [1.29, 1.82) is 0 Å². The first kappa shape index (κ1) is 20.0. The van der Waals surface area contributed by atoms with Crippen molar-refractivity contribution < 1.29 is 13.2 Å². The van der Waals surface area contributed by atoms with Crippen LogP contribution in [0, 0.1) is 6.92 Å². The number of carbonyl (C=O) groups excluding carboxylic acids is 1. The van der Waals surface area contributed by atoms with Gasteiger partial charge in [-0.05, 0) is 49.6 Å². The molecule has 1 saturated carbocycles. The molecule has 0 aromatic heterocycles. The topological polar surface area (TPSA) is 57.7 Å². The molecule has 2 aromatic rings. The summed E-state index contributed by atoms with van der Waals surface area (Å²) < 4.78 is 27.4. The van der Waals surface area contributed by atoms with Gasteiger partial charge in [0.05, 0.1) is 11.4 Å². The summed E-state index contributed by atoms with van der Waals surface area (Å²) in [4.78, 5) is 14.8. The van der Waals surface area contributed by atoms with Gasteiger partial charge in [-0.1, -0.05) is 45.8 Å². The minimum Gasteiger partial charge on any atom is -0.334 e. The molecule has 144 valence electrons. The number of sulfonamides is 1. The molecule has 0 spiro atoms. The predicted molar refractivity (Wildman–Crippen MR) is 109 cm³/mol. The fourth-order valence-corrected chi connectivity index (χ4v) is 4.23. The third-order valence-electron chi connectivity index (χ3n) is 4.66. The molecule has 3 rings (SSSR count). The van der Waals surface area contributed by atoms with E-state index in [1.807, 2.05) is 31.2 Å². The van der Waals surface area contributed by atoms with Crippen molar-refractivity contribution in [3.63, 3.8) is 0 Å². The van der Waals surface area contributed by atoms with E-state index in [9.17, 15) is 13.2 Å². The number of aryl methyl sites for hydroxylation is 1. The van der Waals surface area contributed by atoms with Crippen molar-refractivity contribution in [2.45, 2.75) is 37.2 Å². The summed E-state index contributed by atoms with van der Waals surface area (Å²) in [6.45, 7) is 2.37. The number of hydrogen-bond donors (Lipinski definition) is 0. The summed E-state index contributed by atoms with van der Waals surface area (Å²) >= 11 is 3.30. The maximum Gasteiger partial charge on any atom is 0.243 e. The van der Waals surface area contributed by atoms with Gasteiger partial charge in [0.1, 0.15) is 0 Å². The van der Waals surface area contributed by atoms with Crippen LogP contribution in [0.25, 0.3) is 0 Å². The number of likely N-dealkylation sites (N-methyl/N-ethyl adjacent to an activating group) is 1. The highest BCUT2D eigenvalue weighted by Crippen LogP contribution is 2.29. The molecule has 0 saturated heterocycles. The SMILES string of the molecule is Cc1ccc(CN(C(=O)CN(C)S(=O)(=O)c2ccc(Br)cc2)C2CC2)cc1. The Morgan fingerprint density at radius 3 is 2.22 bits per heavy atom. The third kappa shape index (κ3) is 4.97. The van der Waals surface area contributed by atoms with Crippen LogP contribution >= 0.6 is 15.9 Å². The van der Waals surface area contributed by atoms with Crippen molar-refractivity contribution >= 4 is 31.9 Å². The van der Waals surface area contributed by atoms with Crippen molar-refractivity contribution in [1.82, 2.24) is 9.21 Å². The van der Waals surface area contributed by atoms with Crippen LogP contribution in [-0.4, -0.2) is 43.2 Å². The number of benzene rings is 2. The van der Waals surface area contributed by atoms with E-state index < -0.39 is 10.0 Å². The van der Waals surface area contributed by atoms with Gasteiger partial charge in [0.25, 0.3) is 0 Å². The third-order valence-corrected chi connectivity index (χ3v) is 7.01. The monoisotopic (exact) mass is 450 g/mol. The van der Waals surface area contributed by atoms with Crippen LogP contribution < -0.4 is 0 Å². The molecule has 0 N–H and O–H groups in total. The highest BCUT2D eigenvalue weighted by atomic mass is 79.9. The standard InChI is InChI=1S/C20H23BrN2O3S/c1-15-3-5-16(6-4-15)13-23(18-9-10-18)20(24)14-22(2)27(25,26)19-11-7-17(21)8-12-19/h3-8,11-12,18H,9-10,13-14H2,1-2H3. The zero-order chi connectivity index (χ0) is 19.6. The second-order valence-electron chi connectivity index (χ2n) is 6.95. The Morgan fingerprint density at radius 2 is 1.67 bits per heavy atom. The molecule has 0 aliphatic heterocycles. The summed E-state index contributed by atoms with van der Waals surface area (Å²) in [5, 5.41) is 0. The Hall–Kier alpha value is -1.70. The zero-order valence-corrected chi connectivity index (χ0v) is 17.8. The normalized spacial score (nSPS) is 14.4. The lowest BCUT2D eigenvalue weighted by Crippen LogP contribution is -2.41. The molecular formula is C20H23BrN2O3S. The number of rotatable bonds is 7. The van der Waals surface area contributed by atoms with Crippen LogP contribution in [-0.2, 0) is 21.4 Å². The molecule has 0 bridgehead atoms. The Morgan fingerprint density at radius 1 is 1.07 bits per heavy atom. The van der Waals surface area contributed by atoms with Gasteiger partial charge < -0.3 is 4.90 Å². The van der Waals surface area contributed by atoms with Gasteiger partial charge in [-0.25, -0.2) is 8.42 Å². The molecule has 1 amide bonds. The summed E-state index contributed by atoms with van der Waals surface area (Å²) in [7, 11) is -2.25. The van der Waals surface area contributed by atoms with E-state index >= 15 is 0 Å². The highest BCUT2D eigenvalue weighted by Gasteiger charge is 2.34. The molecule has 1 aliphatic rings. The van der Waals surface area contributed by atoms with Crippen molar-refractivity contribution in [3.8, 4) is 0 Å². The molecule has 0 atom stereocenters. The van der Waals surface area contributed by atoms with E-state index in [4.69, 9.17) is 0 Å². The largest absolute Gasteiger partial charge is 0.334 e. The van der Waals surface area contributed by atoms with E-state index in [1.54, 1.807) is 17.0 Å². The van der Waals surface area contributed by atoms with Gasteiger partial charge in [0.2, 0.25) is 15.9 Å². The quantitative estimate of drug-likeness (QED) is 0.647. The van der Waals surface area contributed by atoms with E-state index in [0.29, 0.717) is 6.54 Å². The summed E-state index contributed by atoms with van der Waals surface area (Å²) in [6.07, 6.45) is 1.95. The molecule has 0 unspecified atom stereocenters. The first-order valence-electron chi connectivity index (χ1n) is 8.84. The molecule has 1 fully saturated rings. The molecule has 0 heterocycles. The molecule has 0 radical (unpaired) electrons. The Kier molecular flexibility index (Phi) is 6.03. The van der Waals surface area contributed by atoms with Gasteiger partial charge in [-0.3, -0.25) is 4.79 Å². The first-order valence-corrected chi connectivity index (χ1v) is 11.1. The maximum atomic E-state index is 12.9. The molecule has 5 nitrogen and oxygen atoms in total. The average molecular weight is 451 g/mol. The van der Waals surface area contributed by atoms with E-state index in [2.05, 4.69) is 15.9 Å². The minimum atomic E-state index is -3.70. The lowest BCUT2D eigenvalue weighted by molar-refractivity contribution is -0.132. The Balaban J connectivity index is 1.71. The van der Waals surface area contributed by atoms with E-state index in [0.717, 1.165) is 27.2 Å². The number of nitrogens with zero attached hydrogens (tertiary/aromatic N) is 2. The highest BCUT2D eigenvalue weighted by molar-refractivity contribution is 9.10. The second-order valence-corrected chi connectivity index (χ2v) is 9.91. The Labute approximate surface area is 169 Å². The van der Waals surface area contributed by atoms with Crippen molar-refractivity contribution in [2.24, 2.45) is 0 Å². The molecular weight excluding hydrogens is 428 g/mol. The Bertz CT molecular complexity index is 907. The van der Waals surface area contributed by atoms with E-state index in [1.165, 1.54) is 24.7 Å². The number of carbonyl (C=O) groups is 1. The lowest BCUT2D eigenvalue weighted by Gasteiger charge is -2.25. The van der Waals surface area contributed by atoms with Crippen LogP contribution in [0.15, 0.2) is 57.9 Å². The van der Waals surface area contributed by atoms with Gasteiger partial charge in [-0.15, -0.1) is 0 Å². The average Bonchev–Trinajstić information content (AvgIpc) is 3.46. The molecule has 27 heavy (non-hydrogen) atoms. The summed E-state index contributed by atoms with van der Waals surface area (Å²) in [6, 6.07) is 14.7. The van der Waals surface area contributed by atoms with Crippen LogP contribution in [0.4, 0.5) is 0 Å². The predicted octanol–water partition coefficient (Wildman–Crippen LogP) is 3.57. The van der Waals surface area contributed by atoms with Crippen LogP contribution in [0.5, 0.6) is 0 Å². The lowest BCUT2D eigenvalue weighted by atomic mass is 10.1. The minimum absolute atomic E-state index is 0.165. The number of amides is 1. The number of hydrogen-bond acceptors (Lipinski definition) is 3. The fourth-order valence-electron chi connectivity index (χ4n) is 2.85. The van der Waals surface area contributed by atoms with Crippen LogP contribution in [0.2, 0.25) is 0 Å². The van der Waals surface area contributed by atoms with Crippen LogP contribution in [0.3, 0.4) is 0 Å². The summed E-state index contributed by atoms with van der Waals surface area (Å²) in [5.41, 5.74) is 2.22. The maximum absolute atomic E-state index is 12.9. The fraction of sp³-hybridized carbons (Fsp3) is 0.350. The first-order chi connectivity index (χ1) is 12.8. The van der Waals surface area contributed by atoms with Gasteiger partial charge in [0.15, 0.2) is 0 Å². The van der Waals surface area contributed by atoms with Gasteiger partial charge in [0, 0.05) is 24.1 Å². The van der Waals surface area contributed by atoms with Gasteiger partial charge in [-0.2, -0.15) is 4.31 Å². The summed E-state index contributed by atoms with van der Waals surface area (Å²) in [5.74, 6) is -0.165. The zero-order valence-electron chi connectivity index (χ0n) is 15.4.